The van der Waals surface area contributed by atoms with Gasteiger partial charge in [0.15, 0.2) is 0 Å². The van der Waals surface area contributed by atoms with Crippen molar-refractivity contribution in [3.8, 4) is 10.4 Å². The molecule has 1 aliphatic heterocycles. The number of rotatable bonds is 6. The third-order valence-corrected chi connectivity index (χ3v) is 8.41. The Morgan fingerprint density at radius 3 is 2.56 bits per heavy atom. The molecule has 178 valence electrons. The first-order valence-corrected chi connectivity index (χ1v) is 13.1. The monoisotopic (exact) mass is 522 g/mol. The fourth-order valence-electron chi connectivity index (χ4n) is 3.76. The van der Waals surface area contributed by atoms with Crippen molar-refractivity contribution in [3.05, 3.63) is 75.9 Å². The summed E-state index contributed by atoms with van der Waals surface area (Å²) < 4.78 is 41.0. The molecule has 0 spiro atoms. The Bertz CT molecular complexity index is 1340. The number of benzene rings is 2. The van der Waals surface area contributed by atoms with Crippen molar-refractivity contribution in [2.45, 2.75) is 18.9 Å². The zero-order valence-electron chi connectivity index (χ0n) is 17.6. The van der Waals surface area contributed by atoms with E-state index in [2.05, 4.69) is 10.0 Å². The van der Waals surface area contributed by atoms with Crippen molar-refractivity contribution in [3.63, 3.8) is 0 Å². The van der Waals surface area contributed by atoms with Gasteiger partial charge in [-0.05, 0) is 47.9 Å². The lowest BCUT2D eigenvalue weighted by Crippen LogP contribution is -2.44. The van der Waals surface area contributed by atoms with E-state index in [1.807, 2.05) is 24.3 Å². The van der Waals surface area contributed by atoms with Crippen LogP contribution in [0.5, 0.6) is 0 Å². The number of hydrogen-bond acceptors (Lipinski definition) is 5. The molecular weight excluding hydrogens is 503 g/mol. The summed E-state index contributed by atoms with van der Waals surface area (Å²) in [5.41, 5.74) is 1.85. The Hall–Kier alpha value is -2.79. The summed E-state index contributed by atoms with van der Waals surface area (Å²) in [6, 6.07) is 14.0. The summed E-state index contributed by atoms with van der Waals surface area (Å²) in [6.07, 6.45) is 0.199. The number of carbonyl (C=O) groups is 2. The van der Waals surface area contributed by atoms with Crippen LogP contribution in [0.1, 0.15) is 22.9 Å². The molecule has 0 radical (unpaired) electrons. The second kappa shape index (κ2) is 9.83. The summed E-state index contributed by atoms with van der Waals surface area (Å²) in [5, 5.41) is 11.4. The van der Waals surface area contributed by atoms with Crippen LogP contribution in [0.15, 0.2) is 54.6 Å². The van der Waals surface area contributed by atoms with Crippen LogP contribution in [0, 0.1) is 11.7 Å². The van der Waals surface area contributed by atoms with Gasteiger partial charge in [0.1, 0.15) is 5.82 Å². The highest BCUT2D eigenvalue weighted by molar-refractivity contribution is 7.89. The number of sulfonamides is 1. The van der Waals surface area contributed by atoms with Crippen molar-refractivity contribution in [1.82, 2.24) is 4.72 Å². The van der Waals surface area contributed by atoms with Crippen LogP contribution in [0.2, 0.25) is 5.02 Å². The van der Waals surface area contributed by atoms with Gasteiger partial charge in [0.2, 0.25) is 15.9 Å². The van der Waals surface area contributed by atoms with E-state index in [4.69, 9.17) is 16.7 Å². The summed E-state index contributed by atoms with van der Waals surface area (Å²) in [4.78, 5) is 25.3. The first kappa shape index (κ1) is 24.3. The maximum absolute atomic E-state index is 13.4. The fraction of sp³-hybridized carbons (Fsp3) is 0.217. The van der Waals surface area contributed by atoms with Crippen molar-refractivity contribution in [1.29, 1.82) is 0 Å². The van der Waals surface area contributed by atoms with Gasteiger partial charge in [-0.1, -0.05) is 35.9 Å². The molecule has 0 saturated carbocycles. The number of carbonyl (C=O) groups excluding carboxylic acids is 1. The average Bonchev–Trinajstić information content (AvgIpc) is 3.26. The standard InChI is InChI=1S/C23H20ClFN2O5S2/c24-17-11-16(5-6-18(17)25)26-23(30)15-10-19(27-34(31,32)12-15)21-8-7-20(33-21)14-3-1-13(2-4-14)9-22(28)29/h1-8,11,15,19,27H,9-10,12H2,(H,26,30)(H,28,29). The van der Waals surface area contributed by atoms with Crippen molar-refractivity contribution >= 4 is 50.5 Å². The van der Waals surface area contributed by atoms with Gasteiger partial charge in [0.25, 0.3) is 0 Å². The number of thiophene rings is 1. The Labute approximate surface area is 204 Å². The maximum atomic E-state index is 13.4. The normalized spacial score (nSPS) is 19.5. The van der Waals surface area contributed by atoms with Crippen LogP contribution in [-0.2, 0) is 26.0 Å². The third-order valence-electron chi connectivity index (χ3n) is 5.38. The van der Waals surface area contributed by atoms with Crippen LogP contribution in [0.3, 0.4) is 0 Å². The first-order valence-electron chi connectivity index (χ1n) is 10.3. The Morgan fingerprint density at radius 2 is 1.88 bits per heavy atom. The zero-order chi connectivity index (χ0) is 24.5. The molecule has 3 aromatic rings. The van der Waals surface area contributed by atoms with E-state index in [9.17, 15) is 22.4 Å². The first-order chi connectivity index (χ1) is 16.1. The highest BCUT2D eigenvalue weighted by Crippen LogP contribution is 2.36. The lowest BCUT2D eigenvalue weighted by atomic mass is 9.99. The van der Waals surface area contributed by atoms with E-state index in [0.717, 1.165) is 21.4 Å². The lowest BCUT2D eigenvalue weighted by molar-refractivity contribution is -0.136. The van der Waals surface area contributed by atoms with Crippen LogP contribution in [-0.4, -0.2) is 31.2 Å². The number of amides is 1. The molecule has 2 heterocycles. The molecule has 11 heteroatoms. The second-order valence-electron chi connectivity index (χ2n) is 7.97. The minimum Gasteiger partial charge on any atom is -0.481 e. The predicted molar refractivity (Wildman–Crippen MR) is 129 cm³/mol. The van der Waals surface area contributed by atoms with E-state index in [1.54, 1.807) is 12.1 Å². The van der Waals surface area contributed by atoms with E-state index >= 15 is 0 Å². The molecule has 2 aromatic carbocycles. The minimum atomic E-state index is -3.70. The molecule has 7 nitrogen and oxygen atoms in total. The van der Waals surface area contributed by atoms with Gasteiger partial charge in [0.05, 0.1) is 29.2 Å². The number of hydrogen-bond donors (Lipinski definition) is 3. The molecular formula is C23H20ClFN2O5S2. The number of aliphatic carboxylic acids is 1. The topological polar surface area (TPSA) is 113 Å². The number of carboxylic acid groups (broad SMARTS) is 1. The highest BCUT2D eigenvalue weighted by atomic mass is 35.5. The lowest BCUT2D eigenvalue weighted by Gasteiger charge is -2.28. The number of anilines is 1. The quantitative estimate of drug-likeness (QED) is 0.442. The highest BCUT2D eigenvalue weighted by Gasteiger charge is 2.36. The molecule has 1 saturated heterocycles. The van der Waals surface area contributed by atoms with Gasteiger partial charge in [0, 0.05) is 15.4 Å². The molecule has 1 aromatic heterocycles. The van der Waals surface area contributed by atoms with Crippen LogP contribution < -0.4 is 10.0 Å². The molecule has 2 unspecified atom stereocenters. The molecule has 1 aliphatic rings. The Kier molecular flexibility index (Phi) is 7.04. The van der Waals surface area contributed by atoms with Crippen LogP contribution in [0.4, 0.5) is 10.1 Å². The third kappa shape index (κ3) is 5.82. The molecule has 1 amide bonds. The summed E-state index contributed by atoms with van der Waals surface area (Å²) in [5.74, 6) is -3.16. The van der Waals surface area contributed by atoms with Gasteiger partial charge in [-0.25, -0.2) is 17.5 Å². The average molecular weight is 523 g/mol. The molecule has 2 atom stereocenters. The van der Waals surface area contributed by atoms with Crippen LogP contribution >= 0.6 is 22.9 Å². The van der Waals surface area contributed by atoms with Crippen molar-refractivity contribution in [2.24, 2.45) is 5.92 Å². The van der Waals surface area contributed by atoms with E-state index < -0.39 is 39.7 Å². The predicted octanol–water partition coefficient (Wildman–Crippen LogP) is 4.45. The van der Waals surface area contributed by atoms with Crippen molar-refractivity contribution < 1.29 is 27.5 Å². The summed E-state index contributed by atoms with van der Waals surface area (Å²) >= 11 is 7.16. The molecule has 4 rings (SSSR count). The van der Waals surface area contributed by atoms with Gasteiger partial charge >= 0.3 is 5.97 Å². The number of halogens is 2. The number of nitrogens with one attached hydrogen (secondary N) is 2. The van der Waals surface area contributed by atoms with Gasteiger partial charge in [-0.2, -0.15) is 0 Å². The van der Waals surface area contributed by atoms with Gasteiger partial charge < -0.3 is 10.4 Å². The van der Waals surface area contributed by atoms with Gasteiger partial charge in [-0.3, -0.25) is 9.59 Å². The van der Waals surface area contributed by atoms with E-state index in [-0.39, 0.29) is 29.3 Å². The Balaban J connectivity index is 1.49. The molecule has 0 aliphatic carbocycles. The van der Waals surface area contributed by atoms with E-state index in [0.29, 0.717) is 5.56 Å². The molecule has 34 heavy (non-hydrogen) atoms. The van der Waals surface area contributed by atoms with E-state index in [1.165, 1.54) is 23.5 Å². The summed E-state index contributed by atoms with van der Waals surface area (Å²) in [7, 11) is -3.70. The minimum absolute atomic E-state index is 0.0621. The van der Waals surface area contributed by atoms with Gasteiger partial charge in [-0.15, -0.1) is 11.3 Å². The largest absolute Gasteiger partial charge is 0.481 e. The van der Waals surface area contributed by atoms with Crippen molar-refractivity contribution in [2.75, 3.05) is 11.1 Å². The number of carboxylic acids is 1. The maximum Gasteiger partial charge on any atom is 0.307 e. The van der Waals surface area contributed by atoms with Crippen LogP contribution in [0.25, 0.3) is 10.4 Å². The molecule has 0 bridgehead atoms. The molecule has 1 fully saturated rings. The SMILES string of the molecule is O=C(O)Cc1ccc(-c2ccc(C3CC(C(=O)Nc4ccc(F)c(Cl)c4)CS(=O)(=O)N3)s2)cc1. The summed E-state index contributed by atoms with van der Waals surface area (Å²) in [6.45, 7) is 0. The second-order valence-corrected chi connectivity index (χ2v) is 11.3. The molecule has 3 N–H and O–H groups in total. The zero-order valence-corrected chi connectivity index (χ0v) is 20.0. The Morgan fingerprint density at radius 1 is 1.15 bits per heavy atom. The fourth-order valence-corrected chi connectivity index (χ4v) is 6.66. The smallest absolute Gasteiger partial charge is 0.307 e.